The van der Waals surface area contributed by atoms with Crippen molar-refractivity contribution in [3.05, 3.63) is 35.4 Å². The van der Waals surface area contributed by atoms with Crippen LogP contribution in [-0.4, -0.2) is 13.6 Å². The number of rotatable bonds is 5. The molecule has 0 radical (unpaired) electrons. The first kappa shape index (κ1) is 11.3. The van der Waals surface area contributed by atoms with Crippen molar-refractivity contribution in [3.8, 4) is 0 Å². The molecule has 1 atom stereocenters. The van der Waals surface area contributed by atoms with Gasteiger partial charge in [0.2, 0.25) is 0 Å². The predicted molar refractivity (Wildman–Crippen MR) is 62.8 cm³/mol. The van der Waals surface area contributed by atoms with E-state index in [4.69, 9.17) is 0 Å². The summed E-state index contributed by atoms with van der Waals surface area (Å²) < 4.78 is 0. The Bertz CT molecular complexity index is 268. The highest BCUT2D eigenvalue weighted by molar-refractivity contribution is 5.28. The van der Waals surface area contributed by atoms with Crippen LogP contribution in [0.25, 0.3) is 0 Å². The van der Waals surface area contributed by atoms with Crippen LogP contribution in [0.4, 0.5) is 0 Å². The molecule has 78 valence electrons. The Morgan fingerprint density at radius 3 is 2.57 bits per heavy atom. The first-order valence-electron chi connectivity index (χ1n) is 5.49. The molecule has 14 heavy (non-hydrogen) atoms. The van der Waals surface area contributed by atoms with Gasteiger partial charge < -0.3 is 5.32 Å². The van der Waals surface area contributed by atoms with Gasteiger partial charge in [-0.05, 0) is 50.4 Å². The summed E-state index contributed by atoms with van der Waals surface area (Å²) in [6.45, 7) is 5.58. The van der Waals surface area contributed by atoms with Gasteiger partial charge in [0.1, 0.15) is 0 Å². The topological polar surface area (TPSA) is 12.0 Å². The highest BCUT2D eigenvalue weighted by Crippen LogP contribution is 2.25. The molecule has 1 rings (SSSR count). The van der Waals surface area contributed by atoms with Gasteiger partial charge in [-0.15, -0.1) is 0 Å². The molecule has 1 unspecified atom stereocenters. The minimum absolute atomic E-state index is 0.712. The maximum absolute atomic E-state index is 3.22. The third-order valence-electron chi connectivity index (χ3n) is 2.86. The average Bonchev–Trinajstić information content (AvgIpc) is 2.21. The summed E-state index contributed by atoms with van der Waals surface area (Å²) in [4.78, 5) is 0. The average molecular weight is 191 g/mol. The number of benzene rings is 1. The van der Waals surface area contributed by atoms with Gasteiger partial charge in [0.15, 0.2) is 0 Å². The van der Waals surface area contributed by atoms with Crippen LogP contribution in [0, 0.1) is 6.92 Å². The molecule has 0 amide bonds. The lowest BCUT2D eigenvalue weighted by atomic mass is 9.90. The van der Waals surface area contributed by atoms with Gasteiger partial charge in [-0.3, -0.25) is 0 Å². The van der Waals surface area contributed by atoms with E-state index in [1.165, 1.54) is 24.0 Å². The highest BCUT2D eigenvalue weighted by atomic mass is 14.8. The second kappa shape index (κ2) is 5.82. The summed E-state index contributed by atoms with van der Waals surface area (Å²) in [7, 11) is 2.02. The van der Waals surface area contributed by atoms with Crippen molar-refractivity contribution in [2.45, 2.75) is 32.6 Å². The SMILES string of the molecule is CCC(CCNC)c1ccccc1C. The molecule has 0 aliphatic carbocycles. The van der Waals surface area contributed by atoms with Crippen LogP contribution in [0.3, 0.4) is 0 Å². The molecule has 1 aromatic rings. The Balaban J connectivity index is 2.73. The maximum Gasteiger partial charge on any atom is -0.00461 e. The van der Waals surface area contributed by atoms with Crippen molar-refractivity contribution in [1.29, 1.82) is 0 Å². The summed E-state index contributed by atoms with van der Waals surface area (Å²) >= 11 is 0. The fourth-order valence-electron chi connectivity index (χ4n) is 1.94. The van der Waals surface area contributed by atoms with E-state index < -0.39 is 0 Å². The second-order valence-electron chi connectivity index (χ2n) is 3.85. The molecule has 1 aromatic carbocycles. The summed E-state index contributed by atoms with van der Waals surface area (Å²) in [5.74, 6) is 0.712. The van der Waals surface area contributed by atoms with Gasteiger partial charge in [0.25, 0.3) is 0 Å². The molecule has 0 fully saturated rings. The number of nitrogens with one attached hydrogen (secondary N) is 1. The third-order valence-corrected chi connectivity index (χ3v) is 2.86. The Morgan fingerprint density at radius 1 is 1.29 bits per heavy atom. The summed E-state index contributed by atoms with van der Waals surface area (Å²) in [6.07, 6.45) is 2.46. The largest absolute Gasteiger partial charge is 0.320 e. The second-order valence-corrected chi connectivity index (χ2v) is 3.85. The monoisotopic (exact) mass is 191 g/mol. The van der Waals surface area contributed by atoms with Crippen LogP contribution >= 0.6 is 0 Å². The molecule has 0 aliphatic rings. The van der Waals surface area contributed by atoms with Crippen molar-refractivity contribution in [2.75, 3.05) is 13.6 Å². The predicted octanol–water partition coefficient (Wildman–Crippen LogP) is 3.10. The zero-order valence-corrected chi connectivity index (χ0v) is 9.51. The molecule has 0 aliphatic heterocycles. The van der Waals surface area contributed by atoms with Crippen LogP contribution < -0.4 is 5.32 Å². The van der Waals surface area contributed by atoms with Crippen molar-refractivity contribution >= 4 is 0 Å². The zero-order chi connectivity index (χ0) is 10.4. The molecule has 1 nitrogen and oxygen atoms in total. The Kier molecular flexibility index (Phi) is 4.68. The van der Waals surface area contributed by atoms with Crippen LogP contribution in [0.1, 0.15) is 36.8 Å². The van der Waals surface area contributed by atoms with Gasteiger partial charge in [-0.2, -0.15) is 0 Å². The molecule has 1 N–H and O–H groups in total. The molecule has 0 spiro atoms. The lowest BCUT2D eigenvalue weighted by Gasteiger charge is -2.17. The minimum Gasteiger partial charge on any atom is -0.320 e. The van der Waals surface area contributed by atoms with Crippen molar-refractivity contribution in [2.24, 2.45) is 0 Å². The van der Waals surface area contributed by atoms with E-state index in [2.05, 4.69) is 43.4 Å². The van der Waals surface area contributed by atoms with E-state index in [0.717, 1.165) is 6.54 Å². The quantitative estimate of drug-likeness (QED) is 0.754. The first-order valence-corrected chi connectivity index (χ1v) is 5.49. The number of aryl methyl sites for hydroxylation is 1. The lowest BCUT2D eigenvalue weighted by molar-refractivity contribution is 0.579. The minimum atomic E-state index is 0.712. The van der Waals surface area contributed by atoms with E-state index in [1.54, 1.807) is 0 Å². The number of hydrogen-bond donors (Lipinski definition) is 1. The van der Waals surface area contributed by atoms with E-state index in [-0.39, 0.29) is 0 Å². The van der Waals surface area contributed by atoms with Gasteiger partial charge in [0, 0.05) is 0 Å². The lowest BCUT2D eigenvalue weighted by Crippen LogP contribution is -2.12. The van der Waals surface area contributed by atoms with E-state index in [9.17, 15) is 0 Å². The molecule has 0 saturated heterocycles. The normalized spacial score (nSPS) is 12.8. The summed E-state index contributed by atoms with van der Waals surface area (Å²) in [5.41, 5.74) is 2.95. The molecule has 0 aromatic heterocycles. The van der Waals surface area contributed by atoms with Crippen LogP contribution in [-0.2, 0) is 0 Å². The van der Waals surface area contributed by atoms with Gasteiger partial charge >= 0.3 is 0 Å². The van der Waals surface area contributed by atoms with Crippen LogP contribution in [0.15, 0.2) is 24.3 Å². The van der Waals surface area contributed by atoms with Gasteiger partial charge in [-0.25, -0.2) is 0 Å². The van der Waals surface area contributed by atoms with Crippen molar-refractivity contribution in [1.82, 2.24) is 5.32 Å². The first-order chi connectivity index (χ1) is 6.79. The van der Waals surface area contributed by atoms with E-state index >= 15 is 0 Å². The molecule has 0 heterocycles. The molecular formula is C13H21N. The van der Waals surface area contributed by atoms with Crippen molar-refractivity contribution < 1.29 is 0 Å². The fourth-order valence-corrected chi connectivity index (χ4v) is 1.94. The maximum atomic E-state index is 3.22. The molecular weight excluding hydrogens is 170 g/mol. The molecule has 0 saturated carbocycles. The molecule has 1 heteroatoms. The third kappa shape index (κ3) is 2.85. The standard InChI is InChI=1S/C13H21N/c1-4-12(9-10-14-3)13-8-6-5-7-11(13)2/h5-8,12,14H,4,9-10H2,1-3H3. The number of hydrogen-bond acceptors (Lipinski definition) is 1. The van der Waals surface area contributed by atoms with Gasteiger partial charge in [-0.1, -0.05) is 31.2 Å². The molecule has 0 bridgehead atoms. The van der Waals surface area contributed by atoms with E-state index in [1.807, 2.05) is 7.05 Å². The fraction of sp³-hybridized carbons (Fsp3) is 0.538. The zero-order valence-electron chi connectivity index (χ0n) is 9.51. The Morgan fingerprint density at radius 2 is 2.00 bits per heavy atom. The van der Waals surface area contributed by atoms with Crippen LogP contribution in [0.5, 0.6) is 0 Å². The van der Waals surface area contributed by atoms with Gasteiger partial charge in [0.05, 0.1) is 0 Å². The Labute approximate surface area is 87.5 Å². The van der Waals surface area contributed by atoms with E-state index in [0.29, 0.717) is 5.92 Å². The summed E-state index contributed by atoms with van der Waals surface area (Å²) in [5, 5.41) is 3.22. The van der Waals surface area contributed by atoms with Crippen LogP contribution in [0.2, 0.25) is 0 Å². The highest BCUT2D eigenvalue weighted by Gasteiger charge is 2.10. The summed E-state index contributed by atoms with van der Waals surface area (Å²) in [6, 6.07) is 8.73. The van der Waals surface area contributed by atoms with Crippen molar-refractivity contribution in [3.63, 3.8) is 0 Å². The Hall–Kier alpha value is -0.820. The smallest absolute Gasteiger partial charge is 0.00461 e.